The van der Waals surface area contributed by atoms with Gasteiger partial charge in [0.25, 0.3) is 0 Å². The third-order valence-electron chi connectivity index (χ3n) is 4.81. The van der Waals surface area contributed by atoms with E-state index < -0.39 is 14.6 Å². The van der Waals surface area contributed by atoms with Crippen LogP contribution in [0.2, 0.25) is 6.04 Å². The predicted molar refractivity (Wildman–Crippen MR) is 104 cm³/mol. The van der Waals surface area contributed by atoms with Gasteiger partial charge in [0.1, 0.15) is 5.75 Å². The van der Waals surface area contributed by atoms with Gasteiger partial charge in [0.05, 0.1) is 6.61 Å². The number of benzene rings is 1. The average molecular weight is 383 g/mol. The minimum absolute atomic E-state index is 0.283. The number of rotatable bonds is 10. The molecule has 1 atom stereocenters. The molecule has 1 aromatic carbocycles. The van der Waals surface area contributed by atoms with Crippen LogP contribution in [0.1, 0.15) is 52.7 Å². The van der Waals surface area contributed by atoms with Gasteiger partial charge in [-0.2, -0.15) is 0 Å². The van der Waals surface area contributed by atoms with Crippen LogP contribution in [0.4, 0.5) is 0 Å². The van der Waals surface area contributed by atoms with Gasteiger partial charge in [-0.05, 0) is 44.9 Å². The van der Waals surface area contributed by atoms with Crippen molar-refractivity contribution in [3.63, 3.8) is 0 Å². The molecule has 1 heterocycles. The second-order valence-corrected chi connectivity index (χ2v) is 9.72. The molecule has 1 aromatic rings. The lowest BCUT2D eigenvalue weighted by molar-refractivity contribution is -0.219. The van der Waals surface area contributed by atoms with Crippen molar-refractivity contribution in [3.05, 3.63) is 29.3 Å². The van der Waals surface area contributed by atoms with Crippen LogP contribution in [-0.4, -0.2) is 34.4 Å². The molecular formula is C20H34O5Si. The van der Waals surface area contributed by atoms with Crippen LogP contribution in [0.3, 0.4) is 0 Å². The van der Waals surface area contributed by atoms with Crippen molar-refractivity contribution in [2.75, 3.05) is 19.8 Å². The first-order valence-corrected chi connectivity index (χ1v) is 11.7. The van der Waals surface area contributed by atoms with Crippen molar-refractivity contribution < 1.29 is 22.8 Å². The Hall–Kier alpha value is -0.923. The van der Waals surface area contributed by atoms with E-state index in [-0.39, 0.29) is 5.92 Å². The average Bonchev–Trinajstić information content (AvgIpc) is 2.60. The van der Waals surface area contributed by atoms with Crippen LogP contribution in [0.15, 0.2) is 18.2 Å². The van der Waals surface area contributed by atoms with Crippen LogP contribution >= 0.6 is 0 Å². The Balaban J connectivity index is 2.09. The molecule has 0 fully saturated rings. The highest BCUT2D eigenvalue weighted by Gasteiger charge is 2.40. The summed E-state index contributed by atoms with van der Waals surface area (Å²) < 4.78 is 29.9. The Morgan fingerprint density at radius 2 is 1.69 bits per heavy atom. The fourth-order valence-corrected chi connectivity index (χ4v) is 5.65. The van der Waals surface area contributed by atoms with Crippen LogP contribution in [-0.2, 0) is 31.0 Å². The number of aryl methyl sites for hydroxylation is 1. The molecule has 0 saturated carbocycles. The van der Waals surface area contributed by atoms with Crippen LogP contribution < -0.4 is 4.74 Å². The molecule has 0 spiro atoms. The predicted octanol–water partition coefficient (Wildman–Crippen LogP) is 4.56. The SMILES string of the molecule is CCO[Si](CCc1ccc2c(c1)COC(C)(C(C)C)O2)(OCC)OCC. The van der Waals surface area contributed by atoms with Crippen molar-refractivity contribution in [3.8, 4) is 5.75 Å². The lowest BCUT2D eigenvalue weighted by Crippen LogP contribution is -2.46. The van der Waals surface area contributed by atoms with E-state index in [1.807, 2.05) is 27.7 Å². The van der Waals surface area contributed by atoms with Gasteiger partial charge in [-0.15, -0.1) is 0 Å². The minimum Gasteiger partial charge on any atom is -0.462 e. The first kappa shape index (κ1) is 21.4. The van der Waals surface area contributed by atoms with E-state index in [9.17, 15) is 0 Å². The zero-order valence-corrected chi connectivity index (χ0v) is 18.1. The minimum atomic E-state index is -2.61. The van der Waals surface area contributed by atoms with Gasteiger partial charge in [0, 0.05) is 44.3 Å². The molecule has 1 aliphatic heterocycles. The molecule has 0 aromatic heterocycles. The monoisotopic (exact) mass is 382 g/mol. The molecule has 0 amide bonds. The lowest BCUT2D eigenvalue weighted by Gasteiger charge is -2.38. The molecule has 0 aliphatic carbocycles. The maximum atomic E-state index is 6.11. The molecule has 0 bridgehead atoms. The second-order valence-electron chi connectivity index (χ2n) is 6.99. The van der Waals surface area contributed by atoms with Gasteiger partial charge in [0.2, 0.25) is 5.79 Å². The van der Waals surface area contributed by atoms with E-state index in [4.69, 9.17) is 22.8 Å². The standard InChI is InChI=1S/C20H34O5Si/c1-7-22-26(23-8-2,24-9-3)13-12-17-10-11-19-18(14-17)15-21-20(6,25-19)16(4)5/h10-11,14,16H,7-9,12-13,15H2,1-6H3. The Kier molecular flexibility index (Phi) is 7.67. The van der Waals surface area contributed by atoms with Gasteiger partial charge in [-0.3, -0.25) is 0 Å². The molecule has 0 saturated heterocycles. The van der Waals surface area contributed by atoms with E-state index >= 15 is 0 Å². The highest BCUT2D eigenvalue weighted by molar-refractivity contribution is 6.60. The molecule has 0 N–H and O–H groups in total. The normalized spacial score (nSPS) is 20.1. The second kappa shape index (κ2) is 9.33. The van der Waals surface area contributed by atoms with E-state index in [2.05, 4.69) is 32.0 Å². The Morgan fingerprint density at radius 3 is 2.23 bits per heavy atom. The zero-order valence-electron chi connectivity index (χ0n) is 17.1. The summed E-state index contributed by atoms with van der Waals surface area (Å²) >= 11 is 0. The quantitative estimate of drug-likeness (QED) is 0.555. The van der Waals surface area contributed by atoms with Crippen molar-refractivity contribution >= 4 is 8.80 Å². The fraction of sp³-hybridized carbons (Fsp3) is 0.700. The number of ether oxygens (including phenoxy) is 2. The first-order chi connectivity index (χ1) is 12.4. The maximum Gasteiger partial charge on any atom is 0.501 e. The Morgan fingerprint density at radius 1 is 1.08 bits per heavy atom. The largest absolute Gasteiger partial charge is 0.501 e. The van der Waals surface area contributed by atoms with Crippen molar-refractivity contribution in [2.45, 2.75) is 66.4 Å². The smallest absolute Gasteiger partial charge is 0.462 e. The van der Waals surface area contributed by atoms with Crippen LogP contribution in [0.25, 0.3) is 0 Å². The fourth-order valence-electron chi connectivity index (χ4n) is 3.05. The highest BCUT2D eigenvalue weighted by atomic mass is 28.4. The molecule has 6 heteroatoms. The van der Waals surface area contributed by atoms with Crippen LogP contribution in [0, 0.1) is 5.92 Å². The lowest BCUT2D eigenvalue weighted by atomic mass is 10.0. The molecule has 1 unspecified atom stereocenters. The van der Waals surface area contributed by atoms with Gasteiger partial charge in [-0.25, -0.2) is 0 Å². The molecular weight excluding hydrogens is 348 g/mol. The maximum absolute atomic E-state index is 6.11. The summed E-state index contributed by atoms with van der Waals surface area (Å²) in [6.45, 7) is 14.6. The molecule has 0 radical (unpaired) electrons. The molecule has 5 nitrogen and oxygen atoms in total. The summed E-state index contributed by atoms with van der Waals surface area (Å²) in [5.41, 5.74) is 2.32. The number of hydrogen-bond acceptors (Lipinski definition) is 5. The van der Waals surface area contributed by atoms with E-state index in [1.165, 1.54) is 5.56 Å². The van der Waals surface area contributed by atoms with Gasteiger partial charge < -0.3 is 22.8 Å². The first-order valence-electron chi connectivity index (χ1n) is 9.74. The van der Waals surface area contributed by atoms with E-state index in [0.717, 1.165) is 23.8 Å². The number of fused-ring (bicyclic) bond motifs is 1. The summed E-state index contributed by atoms with van der Waals surface area (Å²) in [6.07, 6.45) is 0.848. The summed E-state index contributed by atoms with van der Waals surface area (Å²) in [5, 5.41) is 0. The summed E-state index contributed by atoms with van der Waals surface area (Å²) in [6, 6.07) is 7.11. The number of hydrogen-bond donors (Lipinski definition) is 0. The topological polar surface area (TPSA) is 46.2 Å². The molecule has 1 aliphatic rings. The van der Waals surface area contributed by atoms with Crippen molar-refractivity contribution in [1.29, 1.82) is 0 Å². The molecule has 26 heavy (non-hydrogen) atoms. The zero-order chi connectivity index (χ0) is 19.2. The third kappa shape index (κ3) is 5.08. The third-order valence-corrected chi connectivity index (χ3v) is 7.86. The summed E-state index contributed by atoms with van der Waals surface area (Å²) in [4.78, 5) is 0. The highest BCUT2D eigenvalue weighted by Crippen LogP contribution is 2.36. The van der Waals surface area contributed by atoms with Gasteiger partial charge in [-0.1, -0.05) is 19.9 Å². The Bertz CT molecular complexity index is 560. The van der Waals surface area contributed by atoms with E-state index in [1.54, 1.807) is 0 Å². The molecule has 148 valence electrons. The summed E-state index contributed by atoms with van der Waals surface area (Å²) in [7, 11) is -2.61. The summed E-state index contributed by atoms with van der Waals surface area (Å²) in [5.74, 6) is 0.639. The van der Waals surface area contributed by atoms with Gasteiger partial charge in [0.15, 0.2) is 0 Å². The van der Waals surface area contributed by atoms with Crippen LogP contribution in [0.5, 0.6) is 5.75 Å². The van der Waals surface area contributed by atoms with Crippen molar-refractivity contribution in [2.24, 2.45) is 5.92 Å². The van der Waals surface area contributed by atoms with Crippen molar-refractivity contribution in [1.82, 2.24) is 0 Å². The van der Waals surface area contributed by atoms with Gasteiger partial charge >= 0.3 is 8.80 Å². The molecule has 2 rings (SSSR count). The Labute approximate surface area is 159 Å². The van der Waals surface area contributed by atoms with E-state index in [0.29, 0.717) is 26.4 Å².